The lowest BCUT2D eigenvalue weighted by Crippen LogP contribution is -2.45. The van der Waals surface area contributed by atoms with Gasteiger partial charge in [0.2, 0.25) is 11.8 Å². The van der Waals surface area contributed by atoms with Crippen LogP contribution in [-0.2, 0) is 16.1 Å². The van der Waals surface area contributed by atoms with E-state index in [0.717, 1.165) is 37.7 Å². The highest BCUT2D eigenvalue weighted by Crippen LogP contribution is 2.35. The number of aromatic nitrogens is 1. The molecule has 2 amide bonds. The summed E-state index contributed by atoms with van der Waals surface area (Å²) >= 11 is 1.66. The van der Waals surface area contributed by atoms with Crippen LogP contribution in [0, 0.1) is 11.3 Å². The standard InChI is InChI=1S/C17H26N4O2S/c1-13(2)16(23)21-6-5-20(9-14-18-4-7-24-14)11-17(12-21)8-15(22)19(3)10-17/h4,7,13H,5-6,8-12H2,1-3H3/t17-/m0/s1. The Hall–Kier alpha value is -1.47. The summed E-state index contributed by atoms with van der Waals surface area (Å²) in [4.78, 5) is 35.3. The van der Waals surface area contributed by atoms with Gasteiger partial charge in [-0.1, -0.05) is 13.8 Å². The zero-order valence-electron chi connectivity index (χ0n) is 14.7. The number of hydrogen-bond acceptors (Lipinski definition) is 5. The number of nitrogens with zero attached hydrogens (tertiary/aromatic N) is 4. The predicted octanol–water partition coefficient (Wildman–Crippen LogP) is 1.29. The number of amides is 2. The highest BCUT2D eigenvalue weighted by molar-refractivity contribution is 7.09. The predicted molar refractivity (Wildman–Crippen MR) is 93.5 cm³/mol. The molecule has 2 aliphatic heterocycles. The van der Waals surface area contributed by atoms with Crippen molar-refractivity contribution in [3.63, 3.8) is 0 Å². The summed E-state index contributed by atoms with van der Waals surface area (Å²) in [6.07, 6.45) is 2.36. The molecule has 3 rings (SSSR count). The second kappa shape index (κ2) is 6.80. The molecule has 2 saturated heterocycles. The Balaban J connectivity index is 1.81. The largest absolute Gasteiger partial charge is 0.345 e. The number of rotatable bonds is 3. The van der Waals surface area contributed by atoms with Gasteiger partial charge in [-0.2, -0.15) is 0 Å². The third kappa shape index (κ3) is 3.62. The molecule has 0 aliphatic carbocycles. The highest BCUT2D eigenvalue weighted by atomic mass is 32.1. The molecule has 0 radical (unpaired) electrons. The number of thiazole rings is 1. The molecule has 1 aromatic rings. The molecule has 132 valence electrons. The van der Waals surface area contributed by atoms with E-state index in [0.29, 0.717) is 13.0 Å². The lowest BCUT2D eigenvalue weighted by atomic mass is 9.85. The number of likely N-dealkylation sites (tertiary alicyclic amines) is 1. The molecule has 0 bridgehead atoms. The van der Waals surface area contributed by atoms with Gasteiger partial charge in [-0.25, -0.2) is 4.98 Å². The van der Waals surface area contributed by atoms with Crippen LogP contribution in [0.4, 0.5) is 0 Å². The fraction of sp³-hybridized carbons (Fsp3) is 0.706. The van der Waals surface area contributed by atoms with Crippen LogP contribution in [0.5, 0.6) is 0 Å². The molecule has 1 atom stereocenters. The Bertz CT molecular complexity index is 604. The van der Waals surface area contributed by atoms with E-state index in [1.54, 1.807) is 11.3 Å². The number of carbonyl (C=O) groups excluding carboxylic acids is 2. The second-order valence-electron chi connectivity index (χ2n) is 7.48. The van der Waals surface area contributed by atoms with Crippen LogP contribution in [0.3, 0.4) is 0 Å². The van der Waals surface area contributed by atoms with Crippen LogP contribution < -0.4 is 0 Å². The molecule has 1 aromatic heterocycles. The van der Waals surface area contributed by atoms with E-state index < -0.39 is 0 Å². The van der Waals surface area contributed by atoms with Gasteiger partial charge in [0.1, 0.15) is 5.01 Å². The first kappa shape index (κ1) is 17.4. The smallest absolute Gasteiger partial charge is 0.225 e. The number of carbonyl (C=O) groups is 2. The van der Waals surface area contributed by atoms with Crippen LogP contribution in [0.15, 0.2) is 11.6 Å². The average molecular weight is 350 g/mol. The maximum atomic E-state index is 12.6. The fourth-order valence-corrected chi connectivity index (χ4v) is 4.53. The molecule has 6 nitrogen and oxygen atoms in total. The van der Waals surface area contributed by atoms with Crippen LogP contribution in [0.25, 0.3) is 0 Å². The van der Waals surface area contributed by atoms with E-state index in [2.05, 4.69) is 9.88 Å². The third-order valence-electron chi connectivity index (χ3n) is 4.94. The zero-order valence-corrected chi connectivity index (χ0v) is 15.5. The molecular weight excluding hydrogens is 324 g/mol. The van der Waals surface area contributed by atoms with Crippen molar-refractivity contribution in [3.05, 3.63) is 16.6 Å². The average Bonchev–Trinajstić information content (AvgIpc) is 3.06. The van der Waals surface area contributed by atoms with E-state index in [4.69, 9.17) is 0 Å². The minimum absolute atomic E-state index is 0.0117. The van der Waals surface area contributed by atoms with Gasteiger partial charge in [-0.3, -0.25) is 14.5 Å². The lowest BCUT2D eigenvalue weighted by Gasteiger charge is -2.33. The summed E-state index contributed by atoms with van der Waals surface area (Å²) in [5.41, 5.74) is -0.163. The Kier molecular flexibility index (Phi) is 4.92. The summed E-state index contributed by atoms with van der Waals surface area (Å²) in [6, 6.07) is 0. The van der Waals surface area contributed by atoms with E-state index in [-0.39, 0.29) is 23.1 Å². The topological polar surface area (TPSA) is 56.8 Å². The number of hydrogen-bond donors (Lipinski definition) is 0. The molecule has 0 unspecified atom stereocenters. The SMILES string of the molecule is CC(C)C(=O)N1CCN(Cc2nccs2)C[C@@]2(CC(=O)N(C)C2)C1. The van der Waals surface area contributed by atoms with Gasteiger partial charge in [0.05, 0.1) is 6.54 Å². The van der Waals surface area contributed by atoms with Gasteiger partial charge in [0.15, 0.2) is 0 Å². The maximum Gasteiger partial charge on any atom is 0.225 e. The van der Waals surface area contributed by atoms with Crippen LogP contribution in [0.2, 0.25) is 0 Å². The first-order valence-electron chi connectivity index (χ1n) is 8.52. The minimum Gasteiger partial charge on any atom is -0.345 e. The second-order valence-corrected chi connectivity index (χ2v) is 8.46. The van der Waals surface area contributed by atoms with Crippen molar-refractivity contribution < 1.29 is 9.59 Å². The van der Waals surface area contributed by atoms with E-state index in [1.165, 1.54) is 0 Å². The molecule has 0 saturated carbocycles. The normalized spacial score (nSPS) is 25.8. The maximum absolute atomic E-state index is 12.6. The molecule has 3 heterocycles. The lowest BCUT2D eigenvalue weighted by molar-refractivity contribution is -0.135. The Morgan fingerprint density at radius 1 is 1.33 bits per heavy atom. The van der Waals surface area contributed by atoms with Crippen LogP contribution in [0.1, 0.15) is 25.3 Å². The first-order valence-corrected chi connectivity index (χ1v) is 9.40. The Labute approximate surface area is 147 Å². The summed E-state index contributed by atoms with van der Waals surface area (Å²) in [5, 5.41) is 3.08. The van der Waals surface area contributed by atoms with E-state index in [9.17, 15) is 9.59 Å². The zero-order chi connectivity index (χ0) is 17.3. The molecule has 1 spiro atoms. The molecule has 7 heteroatoms. The molecular formula is C17H26N4O2S. The molecule has 24 heavy (non-hydrogen) atoms. The Morgan fingerprint density at radius 2 is 2.12 bits per heavy atom. The summed E-state index contributed by atoms with van der Waals surface area (Å²) in [5.74, 6) is 0.359. The molecule has 2 fully saturated rings. The van der Waals surface area contributed by atoms with E-state index >= 15 is 0 Å². The van der Waals surface area contributed by atoms with Crippen LogP contribution >= 0.6 is 11.3 Å². The van der Waals surface area contributed by atoms with Crippen molar-refractivity contribution >= 4 is 23.2 Å². The van der Waals surface area contributed by atoms with Gasteiger partial charge >= 0.3 is 0 Å². The van der Waals surface area contributed by atoms with Crippen molar-refractivity contribution in [2.75, 3.05) is 39.8 Å². The van der Waals surface area contributed by atoms with Crippen molar-refractivity contribution in [3.8, 4) is 0 Å². The fourth-order valence-electron chi connectivity index (χ4n) is 3.87. The minimum atomic E-state index is -0.163. The molecule has 0 aromatic carbocycles. The quantitative estimate of drug-likeness (QED) is 0.824. The third-order valence-corrected chi connectivity index (χ3v) is 5.71. The van der Waals surface area contributed by atoms with Gasteiger partial charge in [-0.15, -0.1) is 11.3 Å². The van der Waals surface area contributed by atoms with E-state index in [1.807, 2.05) is 42.3 Å². The first-order chi connectivity index (χ1) is 11.4. The monoisotopic (exact) mass is 350 g/mol. The van der Waals surface area contributed by atoms with Crippen molar-refractivity contribution in [1.82, 2.24) is 19.7 Å². The van der Waals surface area contributed by atoms with Gasteiger partial charge in [-0.05, 0) is 0 Å². The molecule has 0 N–H and O–H groups in total. The van der Waals surface area contributed by atoms with Crippen molar-refractivity contribution in [2.45, 2.75) is 26.8 Å². The summed E-state index contributed by atoms with van der Waals surface area (Å²) in [7, 11) is 1.86. The summed E-state index contributed by atoms with van der Waals surface area (Å²) < 4.78 is 0. The molecule has 2 aliphatic rings. The Morgan fingerprint density at radius 3 is 2.71 bits per heavy atom. The van der Waals surface area contributed by atoms with Gasteiger partial charge in [0.25, 0.3) is 0 Å². The van der Waals surface area contributed by atoms with Gasteiger partial charge in [0, 0.05) is 69.1 Å². The van der Waals surface area contributed by atoms with Gasteiger partial charge < -0.3 is 9.80 Å². The van der Waals surface area contributed by atoms with Crippen LogP contribution in [-0.4, -0.2) is 71.3 Å². The van der Waals surface area contributed by atoms with Crippen molar-refractivity contribution in [2.24, 2.45) is 11.3 Å². The summed E-state index contributed by atoms with van der Waals surface area (Å²) in [6.45, 7) is 8.47. The van der Waals surface area contributed by atoms with Crippen molar-refractivity contribution in [1.29, 1.82) is 0 Å². The highest BCUT2D eigenvalue weighted by Gasteiger charge is 2.46.